The Morgan fingerprint density at radius 3 is 2.71 bits per heavy atom. The van der Waals surface area contributed by atoms with E-state index in [4.69, 9.17) is 5.73 Å². The summed E-state index contributed by atoms with van der Waals surface area (Å²) in [5, 5.41) is 2.82. The van der Waals surface area contributed by atoms with E-state index in [9.17, 15) is 4.79 Å². The molecule has 0 saturated heterocycles. The van der Waals surface area contributed by atoms with Crippen LogP contribution in [0.2, 0.25) is 0 Å². The number of aromatic nitrogens is 1. The molecule has 1 unspecified atom stereocenters. The summed E-state index contributed by atoms with van der Waals surface area (Å²) in [7, 11) is 0. The summed E-state index contributed by atoms with van der Waals surface area (Å²) >= 11 is 0. The van der Waals surface area contributed by atoms with Gasteiger partial charge in [0.05, 0.1) is 18.3 Å². The number of rotatable bonds is 3. The van der Waals surface area contributed by atoms with Crippen molar-refractivity contribution in [1.82, 2.24) is 10.3 Å². The summed E-state index contributed by atoms with van der Waals surface area (Å²) in [6.45, 7) is 8.24. The van der Waals surface area contributed by atoms with Gasteiger partial charge < -0.3 is 11.1 Å². The fourth-order valence-electron chi connectivity index (χ4n) is 1.38. The standard InChI is InChI=1S/C13H21N3O/c1-9-6-5-7-15-10(9)8-16-12(17)11(14)13(2,3)4/h5-7,11H,8,14H2,1-4H3,(H,16,17). The lowest BCUT2D eigenvalue weighted by atomic mass is 9.87. The fraction of sp³-hybridized carbons (Fsp3) is 0.538. The van der Waals surface area contributed by atoms with Gasteiger partial charge in [0.25, 0.3) is 0 Å². The van der Waals surface area contributed by atoms with E-state index in [0.29, 0.717) is 6.54 Å². The third-order valence-corrected chi connectivity index (χ3v) is 2.76. The highest BCUT2D eigenvalue weighted by Crippen LogP contribution is 2.17. The van der Waals surface area contributed by atoms with E-state index < -0.39 is 6.04 Å². The summed E-state index contributed by atoms with van der Waals surface area (Å²) < 4.78 is 0. The molecule has 0 aliphatic heterocycles. The lowest BCUT2D eigenvalue weighted by Crippen LogP contribution is -2.48. The molecule has 3 N–H and O–H groups in total. The molecule has 0 radical (unpaired) electrons. The second kappa shape index (κ2) is 5.27. The third-order valence-electron chi connectivity index (χ3n) is 2.76. The highest BCUT2D eigenvalue weighted by molar-refractivity contribution is 5.82. The molecule has 1 aromatic heterocycles. The van der Waals surface area contributed by atoms with E-state index in [1.165, 1.54) is 0 Å². The summed E-state index contributed by atoms with van der Waals surface area (Å²) in [5.74, 6) is -0.137. The van der Waals surface area contributed by atoms with Crippen molar-refractivity contribution < 1.29 is 4.79 Å². The van der Waals surface area contributed by atoms with Gasteiger partial charge in [-0.3, -0.25) is 9.78 Å². The molecule has 0 bridgehead atoms. The zero-order valence-electron chi connectivity index (χ0n) is 10.9. The molecule has 1 aromatic rings. The Morgan fingerprint density at radius 1 is 1.53 bits per heavy atom. The Kier molecular flexibility index (Phi) is 4.23. The van der Waals surface area contributed by atoms with Crippen molar-refractivity contribution in [3.05, 3.63) is 29.6 Å². The summed E-state index contributed by atoms with van der Waals surface area (Å²) in [6.07, 6.45) is 1.72. The van der Waals surface area contributed by atoms with Crippen molar-refractivity contribution in [2.75, 3.05) is 0 Å². The second-order valence-electron chi connectivity index (χ2n) is 5.33. The van der Waals surface area contributed by atoms with Gasteiger partial charge in [-0.25, -0.2) is 0 Å². The molecular weight excluding hydrogens is 214 g/mol. The second-order valence-corrected chi connectivity index (χ2v) is 5.33. The summed E-state index contributed by atoms with van der Waals surface area (Å²) in [6, 6.07) is 3.34. The molecule has 94 valence electrons. The van der Waals surface area contributed by atoms with Crippen molar-refractivity contribution >= 4 is 5.91 Å². The highest BCUT2D eigenvalue weighted by atomic mass is 16.2. The number of amides is 1. The van der Waals surface area contributed by atoms with Crippen LogP contribution >= 0.6 is 0 Å². The number of carbonyl (C=O) groups is 1. The van der Waals surface area contributed by atoms with Gasteiger partial charge in [0.2, 0.25) is 5.91 Å². The molecule has 0 spiro atoms. The van der Waals surface area contributed by atoms with Crippen molar-refractivity contribution in [3.63, 3.8) is 0 Å². The van der Waals surface area contributed by atoms with Crippen LogP contribution < -0.4 is 11.1 Å². The molecule has 1 heterocycles. The number of nitrogens with one attached hydrogen (secondary N) is 1. The zero-order chi connectivity index (χ0) is 13.1. The number of hydrogen-bond acceptors (Lipinski definition) is 3. The van der Waals surface area contributed by atoms with Gasteiger partial charge in [-0.15, -0.1) is 0 Å². The Hall–Kier alpha value is -1.42. The minimum atomic E-state index is -0.508. The minimum absolute atomic E-state index is 0.137. The van der Waals surface area contributed by atoms with Crippen LogP contribution in [0.25, 0.3) is 0 Å². The lowest BCUT2D eigenvalue weighted by molar-refractivity contribution is -0.124. The van der Waals surface area contributed by atoms with Gasteiger partial charge in [0, 0.05) is 6.20 Å². The average Bonchev–Trinajstić information content (AvgIpc) is 2.25. The van der Waals surface area contributed by atoms with Crippen LogP contribution in [0.1, 0.15) is 32.0 Å². The highest BCUT2D eigenvalue weighted by Gasteiger charge is 2.27. The van der Waals surface area contributed by atoms with E-state index in [-0.39, 0.29) is 11.3 Å². The van der Waals surface area contributed by atoms with Crippen LogP contribution in [-0.2, 0) is 11.3 Å². The predicted molar refractivity (Wildman–Crippen MR) is 68.3 cm³/mol. The van der Waals surface area contributed by atoms with Gasteiger partial charge in [-0.2, -0.15) is 0 Å². The van der Waals surface area contributed by atoms with Gasteiger partial charge in [-0.1, -0.05) is 26.8 Å². The Bertz CT molecular complexity index is 396. The normalized spacial score (nSPS) is 13.2. The zero-order valence-corrected chi connectivity index (χ0v) is 10.9. The van der Waals surface area contributed by atoms with Crippen LogP contribution in [-0.4, -0.2) is 16.9 Å². The first-order chi connectivity index (χ1) is 7.82. The maximum absolute atomic E-state index is 11.8. The van der Waals surface area contributed by atoms with Crippen molar-refractivity contribution in [3.8, 4) is 0 Å². The maximum atomic E-state index is 11.8. The molecule has 17 heavy (non-hydrogen) atoms. The fourth-order valence-corrected chi connectivity index (χ4v) is 1.38. The first kappa shape index (κ1) is 13.6. The van der Waals surface area contributed by atoms with E-state index in [1.807, 2.05) is 39.8 Å². The molecule has 0 aliphatic carbocycles. The lowest BCUT2D eigenvalue weighted by Gasteiger charge is -2.25. The Balaban J connectivity index is 2.58. The molecule has 1 atom stereocenters. The Morgan fingerprint density at radius 2 is 2.18 bits per heavy atom. The topological polar surface area (TPSA) is 68.0 Å². The molecule has 0 saturated carbocycles. The van der Waals surface area contributed by atoms with Crippen molar-refractivity contribution in [2.45, 2.75) is 40.3 Å². The molecule has 4 heteroatoms. The average molecular weight is 235 g/mol. The van der Waals surface area contributed by atoms with Crippen molar-refractivity contribution in [2.24, 2.45) is 11.1 Å². The van der Waals surface area contributed by atoms with Crippen LogP contribution in [0.4, 0.5) is 0 Å². The summed E-state index contributed by atoms with van der Waals surface area (Å²) in [4.78, 5) is 16.0. The minimum Gasteiger partial charge on any atom is -0.349 e. The number of aryl methyl sites for hydroxylation is 1. The van der Waals surface area contributed by atoms with Crippen LogP contribution in [0, 0.1) is 12.3 Å². The van der Waals surface area contributed by atoms with E-state index in [2.05, 4.69) is 10.3 Å². The Labute approximate surface area is 103 Å². The van der Waals surface area contributed by atoms with Crippen LogP contribution in [0.5, 0.6) is 0 Å². The number of carbonyl (C=O) groups excluding carboxylic acids is 1. The number of nitrogens with zero attached hydrogens (tertiary/aromatic N) is 1. The van der Waals surface area contributed by atoms with Gasteiger partial charge in [0.1, 0.15) is 0 Å². The van der Waals surface area contributed by atoms with Crippen LogP contribution in [0.3, 0.4) is 0 Å². The van der Waals surface area contributed by atoms with E-state index in [1.54, 1.807) is 6.20 Å². The number of pyridine rings is 1. The quantitative estimate of drug-likeness (QED) is 0.831. The van der Waals surface area contributed by atoms with Gasteiger partial charge in [0.15, 0.2) is 0 Å². The smallest absolute Gasteiger partial charge is 0.237 e. The molecule has 4 nitrogen and oxygen atoms in total. The predicted octanol–water partition coefficient (Wildman–Crippen LogP) is 1.38. The van der Waals surface area contributed by atoms with Gasteiger partial charge in [-0.05, 0) is 24.0 Å². The molecule has 1 amide bonds. The van der Waals surface area contributed by atoms with E-state index in [0.717, 1.165) is 11.3 Å². The molecule has 0 aliphatic rings. The first-order valence-corrected chi connectivity index (χ1v) is 5.76. The first-order valence-electron chi connectivity index (χ1n) is 5.76. The summed E-state index contributed by atoms with van der Waals surface area (Å²) in [5.41, 5.74) is 7.57. The number of hydrogen-bond donors (Lipinski definition) is 2. The molecular formula is C13H21N3O. The molecule has 1 rings (SSSR count). The monoisotopic (exact) mass is 235 g/mol. The van der Waals surface area contributed by atoms with Crippen LogP contribution in [0.15, 0.2) is 18.3 Å². The van der Waals surface area contributed by atoms with E-state index >= 15 is 0 Å². The third kappa shape index (κ3) is 3.82. The number of nitrogens with two attached hydrogens (primary N) is 1. The van der Waals surface area contributed by atoms with Gasteiger partial charge >= 0.3 is 0 Å². The SMILES string of the molecule is Cc1cccnc1CNC(=O)C(N)C(C)(C)C. The molecule has 0 fully saturated rings. The van der Waals surface area contributed by atoms with Crippen molar-refractivity contribution in [1.29, 1.82) is 0 Å². The largest absolute Gasteiger partial charge is 0.349 e. The molecule has 0 aromatic carbocycles. The maximum Gasteiger partial charge on any atom is 0.237 e.